The Hall–Kier alpha value is -3.16. The zero-order valence-electron chi connectivity index (χ0n) is 14.7. The minimum Gasteiger partial charge on any atom is -0.269 e. The first kappa shape index (κ1) is 17.3. The van der Waals surface area contributed by atoms with E-state index in [2.05, 4.69) is 15.2 Å². The van der Waals surface area contributed by atoms with Crippen LogP contribution in [0.2, 0.25) is 0 Å². The van der Waals surface area contributed by atoms with Crippen molar-refractivity contribution in [1.29, 1.82) is 0 Å². The number of aromatic nitrogens is 5. The summed E-state index contributed by atoms with van der Waals surface area (Å²) in [7, 11) is 0. The van der Waals surface area contributed by atoms with Gasteiger partial charge in [0.1, 0.15) is 11.5 Å². The van der Waals surface area contributed by atoms with Crippen molar-refractivity contribution in [3.8, 4) is 16.9 Å². The van der Waals surface area contributed by atoms with Crippen LogP contribution in [0.3, 0.4) is 0 Å². The third-order valence-corrected chi connectivity index (χ3v) is 4.57. The van der Waals surface area contributed by atoms with E-state index < -0.39 is 12.2 Å². The predicted octanol–water partition coefficient (Wildman–Crippen LogP) is 4.69. The highest BCUT2D eigenvalue weighted by molar-refractivity contribution is 5.84. The molecule has 0 saturated carbocycles. The van der Waals surface area contributed by atoms with Gasteiger partial charge >= 0.3 is 0 Å². The van der Waals surface area contributed by atoms with Crippen molar-refractivity contribution in [2.45, 2.75) is 26.8 Å². The fraction of sp³-hybridized carbons (Fsp3) is 0.211. The van der Waals surface area contributed by atoms with Gasteiger partial charge in [0, 0.05) is 28.8 Å². The Morgan fingerprint density at radius 2 is 1.89 bits per heavy atom. The second-order valence-electron chi connectivity index (χ2n) is 6.10. The second-order valence-corrected chi connectivity index (χ2v) is 6.10. The highest BCUT2D eigenvalue weighted by Gasteiger charge is 2.21. The molecule has 1 aromatic carbocycles. The molecule has 0 bridgehead atoms. The van der Waals surface area contributed by atoms with Gasteiger partial charge in [-0.1, -0.05) is 12.1 Å². The number of nitrogens with zero attached hydrogens (tertiary/aromatic N) is 5. The SMILES string of the molecule is CCn1ncc(-c2cc(C(F)F)c3cnn(-c4ccccc4F)c3n2)c1C. The fourth-order valence-corrected chi connectivity index (χ4v) is 3.16. The molecule has 0 spiro atoms. The van der Waals surface area contributed by atoms with E-state index in [4.69, 9.17) is 0 Å². The highest BCUT2D eigenvalue weighted by Crippen LogP contribution is 2.33. The van der Waals surface area contributed by atoms with Gasteiger partial charge in [-0.05, 0) is 32.0 Å². The lowest BCUT2D eigenvalue weighted by atomic mass is 10.1. The summed E-state index contributed by atoms with van der Waals surface area (Å²) in [4.78, 5) is 4.52. The number of rotatable bonds is 4. The van der Waals surface area contributed by atoms with Gasteiger partial charge < -0.3 is 0 Å². The number of hydrogen-bond acceptors (Lipinski definition) is 3. The van der Waals surface area contributed by atoms with Crippen molar-refractivity contribution >= 4 is 11.0 Å². The van der Waals surface area contributed by atoms with Gasteiger partial charge in [-0.2, -0.15) is 10.2 Å². The molecule has 4 rings (SSSR count). The summed E-state index contributed by atoms with van der Waals surface area (Å²) in [6.45, 7) is 4.45. The van der Waals surface area contributed by atoms with E-state index in [0.29, 0.717) is 17.8 Å². The fourth-order valence-electron chi connectivity index (χ4n) is 3.16. The minimum atomic E-state index is -2.71. The molecule has 0 amide bonds. The number of halogens is 3. The first-order valence-electron chi connectivity index (χ1n) is 8.45. The molecule has 4 aromatic rings. The van der Waals surface area contributed by atoms with E-state index in [0.717, 1.165) is 5.69 Å². The summed E-state index contributed by atoms with van der Waals surface area (Å²) < 4.78 is 44.6. The first-order chi connectivity index (χ1) is 13.0. The van der Waals surface area contributed by atoms with Crippen LogP contribution in [-0.4, -0.2) is 24.5 Å². The smallest absolute Gasteiger partial charge is 0.264 e. The Labute approximate surface area is 153 Å². The van der Waals surface area contributed by atoms with Crippen molar-refractivity contribution in [1.82, 2.24) is 24.5 Å². The lowest BCUT2D eigenvalue weighted by Crippen LogP contribution is -2.02. The Morgan fingerprint density at radius 1 is 1.11 bits per heavy atom. The number of fused-ring (bicyclic) bond motifs is 1. The van der Waals surface area contributed by atoms with Gasteiger partial charge in [-0.15, -0.1) is 0 Å². The Morgan fingerprint density at radius 3 is 2.56 bits per heavy atom. The molecule has 3 aromatic heterocycles. The monoisotopic (exact) mass is 371 g/mol. The van der Waals surface area contributed by atoms with Crippen LogP contribution in [0.15, 0.2) is 42.7 Å². The van der Waals surface area contributed by atoms with E-state index in [9.17, 15) is 13.2 Å². The number of benzene rings is 1. The molecular weight excluding hydrogens is 355 g/mol. The normalized spacial score (nSPS) is 11.6. The second kappa shape index (κ2) is 6.53. The molecule has 0 fully saturated rings. The van der Waals surface area contributed by atoms with Gasteiger partial charge in [0.2, 0.25) is 0 Å². The maximum atomic E-state index is 14.2. The molecule has 0 N–H and O–H groups in total. The molecule has 3 heterocycles. The zero-order chi connectivity index (χ0) is 19.1. The van der Waals surface area contributed by atoms with E-state index in [1.807, 2.05) is 13.8 Å². The average molecular weight is 371 g/mol. The molecular formula is C19H16F3N5. The molecule has 8 heteroatoms. The van der Waals surface area contributed by atoms with Crippen molar-refractivity contribution in [3.63, 3.8) is 0 Å². The number of hydrogen-bond donors (Lipinski definition) is 0. The first-order valence-corrected chi connectivity index (χ1v) is 8.45. The summed E-state index contributed by atoms with van der Waals surface area (Å²) in [5.74, 6) is -0.511. The van der Waals surface area contributed by atoms with Crippen molar-refractivity contribution in [2.75, 3.05) is 0 Å². The molecule has 5 nitrogen and oxygen atoms in total. The van der Waals surface area contributed by atoms with Gasteiger partial charge in [-0.3, -0.25) is 4.68 Å². The molecule has 0 radical (unpaired) electrons. The Balaban J connectivity index is 2.00. The molecule has 0 atom stereocenters. The van der Waals surface area contributed by atoms with Crippen LogP contribution in [0.1, 0.15) is 24.6 Å². The number of para-hydroxylation sites is 1. The maximum Gasteiger partial charge on any atom is 0.264 e. The van der Waals surface area contributed by atoms with Crippen molar-refractivity contribution in [3.05, 3.63) is 59.8 Å². The summed E-state index contributed by atoms with van der Waals surface area (Å²) in [5, 5.41) is 8.55. The van der Waals surface area contributed by atoms with Crippen LogP contribution >= 0.6 is 0 Å². The number of aryl methyl sites for hydroxylation is 1. The number of pyridine rings is 1. The molecule has 0 aliphatic heterocycles. The Kier molecular flexibility index (Phi) is 4.18. The third kappa shape index (κ3) is 2.77. The molecule has 0 aliphatic rings. The molecule has 27 heavy (non-hydrogen) atoms. The van der Waals surface area contributed by atoms with E-state index in [1.54, 1.807) is 23.0 Å². The van der Waals surface area contributed by atoms with Crippen LogP contribution in [0.25, 0.3) is 28.0 Å². The van der Waals surface area contributed by atoms with Gasteiger partial charge in [0.05, 0.1) is 18.1 Å². The third-order valence-electron chi connectivity index (χ3n) is 4.57. The largest absolute Gasteiger partial charge is 0.269 e. The number of alkyl halides is 2. The summed E-state index contributed by atoms with van der Waals surface area (Å²) in [5.41, 5.74) is 1.97. The van der Waals surface area contributed by atoms with Gasteiger partial charge in [0.15, 0.2) is 5.65 Å². The van der Waals surface area contributed by atoms with Gasteiger partial charge in [0.25, 0.3) is 6.43 Å². The predicted molar refractivity (Wildman–Crippen MR) is 95.4 cm³/mol. The topological polar surface area (TPSA) is 48.5 Å². The Bertz CT molecular complexity index is 1130. The average Bonchev–Trinajstić information content (AvgIpc) is 3.24. The van der Waals surface area contributed by atoms with Crippen LogP contribution in [0, 0.1) is 12.7 Å². The summed E-state index contributed by atoms with van der Waals surface area (Å²) in [6, 6.07) is 7.37. The highest BCUT2D eigenvalue weighted by atomic mass is 19.3. The van der Waals surface area contributed by atoms with Crippen molar-refractivity contribution in [2.24, 2.45) is 0 Å². The molecule has 0 aliphatic carbocycles. The molecule has 138 valence electrons. The maximum absolute atomic E-state index is 14.2. The molecule has 0 saturated heterocycles. The van der Waals surface area contributed by atoms with Crippen LogP contribution < -0.4 is 0 Å². The summed E-state index contributed by atoms with van der Waals surface area (Å²) >= 11 is 0. The minimum absolute atomic E-state index is 0.151. The zero-order valence-corrected chi connectivity index (χ0v) is 14.7. The van der Waals surface area contributed by atoms with E-state index >= 15 is 0 Å². The van der Waals surface area contributed by atoms with Gasteiger partial charge in [-0.25, -0.2) is 22.8 Å². The van der Waals surface area contributed by atoms with E-state index in [-0.39, 0.29) is 22.3 Å². The standard InChI is InChI=1S/C19H16F3N5/c1-3-26-11(2)13(9-23-26)16-8-12(18(21)22)14-10-24-27(19(14)25-16)17-7-5-4-6-15(17)20/h4-10,18H,3H2,1-2H3. The molecule has 0 unspecified atom stereocenters. The van der Waals surface area contributed by atoms with Crippen LogP contribution in [0.5, 0.6) is 0 Å². The van der Waals surface area contributed by atoms with E-state index in [1.165, 1.54) is 29.1 Å². The lowest BCUT2D eigenvalue weighted by Gasteiger charge is -2.09. The van der Waals surface area contributed by atoms with Crippen molar-refractivity contribution < 1.29 is 13.2 Å². The lowest BCUT2D eigenvalue weighted by molar-refractivity contribution is 0.153. The summed E-state index contributed by atoms with van der Waals surface area (Å²) in [6.07, 6.45) is 0.183. The van der Waals surface area contributed by atoms with Crippen LogP contribution in [-0.2, 0) is 6.54 Å². The quantitative estimate of drug-likeness (QED) is 0.523. The van der Waals surface area contributed by atoms with Crippen LogP contribution in [0.4, 0.5) is 13.2 Å².